The zero-order valence-corrected chi connectivity index (χ0v) is 6.34. The van der Waals surface area contributed by atoms with Gasteiger partial charge in [-0.15, -0.1) is 5.10 Å². The van der Waals surface area contributed by atoms with E-state index in [4.69, 9.17) is 5.11 Å². The molecule has 0 radical (unpaired) electrons. The summed E-state index contributed by atoms with van der Waals surface area (Å²) >= 11 is 1.07. The molecule has 1 aliphatic rings. The van der Waals surface area contributed by atoms with Gasteiger partial charge >= 0.3 is 5.97 Å². The Hall–Kier alpha value is -1.04. The highest BCUT2D eigenvalue weighted by Crippen LogP contribution is 2.48. The molecule has 1 saturated carbocycles. The van der Waals surface area contributed by atoms with E-state index in [-0.39, 0.29) is 0 Å². The number of hydrogen-bond donors (Lipinski definition) is 1. The van der Waals surface area contributed by atoms with Crippen LogP contribution in [0.15, 0.2) is 0 Å². The summed E-state index contributed by atoms with van der Waals surface area (Å²) in [5.41, 5.74) is -0.728. The third-order valence-corrected chi connectivity index (χ3v) is 2.67. The average Bonchev–Trinajstić information content (AvgIpc) is 2.61. The van der Waals surface area contributed by atoms with Gasteiger partial charge in [-0.3, -0.25) is 4.79 Å². The Morgan fingerprint density at radius 1 is 1.64 bits per heavy atom. The monoisotopic (exact) mass is 171 g/mol. The minimum atomic E-state index is -0.809. The van der Waals surface area contributed by atoms with Crippen molar-refractivity contribution in [3.05, 3.63) is 5.01 Å². The zero-order chi connectivity index (χ0) is 7.90. The number of hydrogen-bond acceptors (Lipinski definition) is 5. The second kappa shape index (κ2) is 1.97. The van der Waals surface area contributed by atoms with E-state index in [1.807, 2.05) is 0 Å². The molecule has 0 unspecified atom stereocenters. The summed E-state index contributed by atoms with van der Waals surface area (Å²) in [6, 6.07) is 0. The van der Waals surface area contributed by atoms with Gasteiger partial charge in [0.1, 0.15) is 5.41 Å². The summed E-state index contributed by atoms with van der Waals surface area (Å²) in [6.45, 7) is 0. The second-order valence-electron chi connectivity index (χ2n) is 2.55. The number of aliphatic carboxylic acids is 1. The van der Waals surface area contributed by atoms with E-state index >= 15 is 0 Å². The maximum absolute atomic E-state index is 10.7. The molecule has 1 aromatic rings. The maximum Gasteiger partial charge on any atom is 0.316 e. The standard InChI is InChI=1S/C5H5N3O2S/c9-4(10)5(1-2-5)3-6-7-8-11-3/h1-2H2,(H,9,10). The number of carboxylic acids is 1. The van der Waals surface area contributed by atoms with Crippen molar-refractivity contribution in [3.8, 4) is 0 Å². The predicted molar refractivity (Wildman–Crippen MR) is 36.3 cm³/mol. The van der Waals surface area contributed by atoms with E-state index in [9.17, 15) is 4.79 Å². The van der Waals surface area contributed by atoms with Crippen molar-refractivity contribution in [2.24, 2.45) is 0 Å². The summed E-state index contributed by atoms with van der Waals surface area (Å²) in [5, 5.41) is 16.3. The average molecular weight is 171 g/mol. The normalized spacial score (nSPS) is 19.6. The molecular formula is C5H5N3O2S. The Balaban J connectivity index is 2.36. The van der Waals surface area contributed by atoms with E-state index in [1.54, 1.807) is 0 Å². The number of aromatic nitrogens is 3. The summed E-state index contributed by atoms with van der Waals surface area (Å²) in [6.07, 6.45) is 1.33. The molecule has 1 fully saturated rings. The minimum Gasteiger partial charge on any atom is -0.481 e. The van der Waals surface area contributed by atoms with Crippen molar-refractivity contribution in [3.63, 3.8) is 0 Å². The first-order valence-electron chi connectivity index (χ1n) is 3.15. The van der Waals surface area contributed by atoms with E-state index < -0.39 is 11.4 Å². The number of nitrogens with zero attached hydrogens (tertiary/aromatic N) is 3. The first kappa shape index (κ1) is 6.66. The number of carboxylic acid groups (broad SMARTS) is 1. The van der Waals surface area contributed by atoms with Crippen molar-refractivity contribution in [2.45, 2.75) is 18.3 Å². The topological polar surface area (TPSA) is 76.0 Å². The van der Waals surface area contributed by atoms with Gasteiger partial charge in [0.05, 0.1) is 0 Å². The molecule has 1 aromatic heterocycles. The fourth-order valence-electron chi connectivity index (χ4n) is 0.961. The smallest absolute Gasteiger partial charge is 0.316 e. The highest BCUT2D eigenvalue weighted by molar-refractivity contribution is 7.05. The SMILES string of the molecule is O=C(O)C1(c2nnns2)CC1. The second-order valence-corrected chi connectivity index (χ2v) is 3.29. The Morgan fingerprint density at radius 2 is 2.36 bits per heavy atom. The van der Waals surface area contributed by atoms with Crippen LogP contribution >= 0.6 is 11.5 Å². The molecule has 6 heteroatoms. The molecule has 1 N–H and O–H groups in total. The molecule has 5 nitrogen and oxygen atoms in total. The molecule has 1 heterocycles. The summed E-state index contributed by atoms with van der Waals surface area (Å²) < 4.78 is 3.53. The van der Waals surface area contributed by atoms with Gasteiger partial charge < -0.3 is 5.11 Å². The van der Waals surface area contributed by atoms with Gasteiger partial charge in [0, 0.05) is 11.5 Å². The van der Waals surface area contributed by atoms with Crippen LogP contribution in [-0.2, 0) is 10.2 Å². The van der Waals surface area contributed by atoms with Crippen LogP contribution in [-0.4, -0.2) is 25.9 Å². The lowest BCUT2D eigenvalue weighted by Gasteiger charge is -2.00. The summed E-state index contributed by atoms with van der Waals surface area (Å²) in [4.78, 5) is 10.7. The number of rotatable bonds is 2. The van der Waals surface area contributed by atoms with Crippen molar-refractivity contribution in [1.82, 2.24) is 14.8 Å². The van der Waals surface area contributed by atoms with E-state index in [1.165, 1.54) is 0 Å². The maximum atomic E-state index is 10.7. The van der Waals surface area contributed by atoms with E-state index in [0.29, 0.717) is 17.8 Å². The largest absolute Gasteiger partial charge is 0.481 e. The molecule has 0 spiro atoms. The fourth-order valence-corrected chi connectivity index (χ4v) is 1.65. The highest BCUT2D eigenvalue weighted by atomic mass is 32.1. The van der Waals surface area contributed by atoms with Crippen molar-refractivity contribution >= 4 is 17.5 Å². The van der Waals surface area contributed by atoms with Crippen LogP contribution in [0, 0.1) is 0 Å². The Kier molecular flexibility index (Phi) is 1.19. The molecule has 0 bridgehead atoms. The minimum absolute atomic E-state index is 0.532. The lowest BCUT2D eigenvalue weighted by Crippen LogP contribution is -2.19. The van der Waals surface area contributed by atoms with E-state index in [2.05, 4.69) is 14.8 Å². The van der Waals surface area contributed by atoms with Crippen LogP contribution in [0.25, 0.3) is 0 Å². The molecule has 0 atom stereocenters. The first-order valence-corrected chi connectivity index (χ1v) is 3.92. The number of carbonyl (C=O) groups is 1. The highest BCUT2D eigenvalue weighted by Gasteiger charge is 2.54. The van der Waals surface area contributed by atoms with Crippen LogP contribution in [0.2, 0.25) is 0 Å². The van der Waals surface area contributed by atoms with Crippen LogP contribution in [0.4, 0.5) is 0 Å². The molecule has 58 valence electrons. The Morgan fingerprint density at radius 3 is 2.73 bits per heavy atom. The summed E-state index contributed by atoms with van der Waals surface area (Å²) in [7, 11) is 0. The van der Waals surface area contributed by atoms with Crippen LogP contribution in [0.5, 0.6) is 0 Å². The molecule has 0 aliphatic heterocycles. The van der Waals surface area contributed by atoms with Crippen LogP contribution in [0.3, 0.4) is 0 Å². The van der Waals surface area contributed by atoms with Crippen molar-refractivity contribution < 1.29 is 9.90 Å². The molecule has 11 heavy (non-hydrogen) atoms. The van der Waals surface area contributed by atoms with Gasteiger partial charge in [-0.1, -0.05) is 4.49 Å². The van der Waals surface area contributed by atoms with E-state index in [0.717, 1.165) is 11.5 Å². The van der Waals surface area contributed by atoms with Gasteiger partial charge in [-0.2, -0.15) is 0 Å². The predicted octanol–water partition coefficient (Wildman–Crippen LogP) is 0.0493. The third kappa shape index (κ3) is 0.823. The van der Waals surface area contributed by atoms with Gasteiger partial charge in [0.2, 0.25) is 0 Å². The van der Waals surface area contributed by atoms with Gasteiger partial charge in [-0.25, -0.2) is 0 Å². The van der Waals surface area contributed by atoms with Crippen LogP contribution in [0.1, 0.15) is 17.8 Å². The van der Waals surface area contributed by atoms with Gasteiger partial charge in [0.15, 0.2) is 5.01 Å². The quantitative estimate of drug-likeness (QED) is 0.680. The first-order chi connectivity index (χ1) is 5.26. The molecule has 0 amide bonds. The van der Waals surface area contributed by atoms with Gasteiger partial charge in [0.25, 0.3) is 0 Å². The molecule has 0 saturated heterocycles. The van der Waals surface area contributed by atoms with Crippen LogP contribution < -0.4 is 0 Å². The Bertz CT molecular complexity index is 280. The zero-order valence-electron chi connectivity index (χ0n) is 5.52. The lowest BCUT2D eigenvalue weighted by atomic mass is 10.1. The lowest BCUT2D eigenvalue weighted by molar-refractivity contribution is -0.140. The fraction of sp³-hybridized carbons (Fsp3) is 0.600. The van der Waals surface area contributed by atoms with Gasteiger partial charge in [-0.05, 0) is 18.1 Å². The van der Waals surface area contributed by atoms with Crippen molar-refractivity contribution in [1.29, 1.82) is 0 Å². The molecule has 1 aliphatic carbocycles. The summed E-state index contributed by atoms with van der Waals surface area (Å²) in [5.74, 6) is -0.809. The molecular weight excluding hydrogens is 166 g/mol. The molecule has 0 aromatic carbocycles. The third-order valence-electron chi connectivity index (χ3n) is 1.87. The Labute approximate surface area is 66.2 Å². The molecule has 2 rings (SSSR count). The van der Waals surface area contributed by atoms with Crippen molar-refractivity contribution in [2.75, 3.05) is 0 Å².